The molecule has 1 unspecified atom stereocenters. The van der Waals surface area contributed by atoms with Crippen molar-refractivity contribution in [2.45, 2.75) is 38.0 Å². The van der Waals surface area contributed by atoms with Crippen LogP contribution in [0.3, 0.4) is 0 Å². The number of nitrogens with zero attached hydrogens (tertiary/aromatic N) is 6. The van der Waals surface area contributed by atoms with Gasteiger partial charge in [0.05, 0.1) is 30.9 Å². The van der Waals surface area contributed by atoms with Crippen LogP contribution in [0.5, 0.6) is 0 Å². The maximum Gasteiger partial charge on any atom is 0.119 e. The van der Waals surface area contributed by atoms with Gasteiger partial charge in [-0.15, -0.1) is 0 Å². The summed E-state index contributed by atoms with van der Waals surface area (Å²) in [5, 5.41) is 12.9. The minimum Gasteiger partial charge on any atom is -0.496 e. The van der Waals surface area contributed by atoms with Crippen LogP contribution in [0.15, 0.2) is 53.8 Å². The Morgan fingerprint density at radius 1 is 1.48 bits per heavy atom. The minimum absolute atomic E-state index is 0.00516. The van der Waals surface area contributed by atoms with Gasteiger partial charge in [0.15, 0.2) is 0 Å². The minimum atomic E-state index is -0.0644. The van der Waals surface area contributed by atoms with Crippen LogP contribution in [-0.2, 0) is 11.3 Å². The molecule has 1 aromatic heterocycles. The van der Waals surface area contributed by atoms with Gasteiger partial charge in [-0.2, -0.15) is 0 Å². The lowest BCUT2D eigenvalue weighted by atomic mass is 10.0. The van der Waals surface area contributed by atoms with E-state index in [1.807, 2.05) is 32.7 Å². The summed E-state index contributed by atoms with van der Waals surface area (Å²) in [6, 6.07) is -0.0644. The number of aromatic nitrogens is 2. The Balaban J connectivity index is 1.98. The van der Waals surface area contributed by atoms with Gasteiger partial charge in [0, 0.05) is 25.5 Å². The third kappa shape index (κ3) is 7.03. The molecule has 0 radical (unpaired) electrons. The van der Waals surface area contributed by atoms with E-state index in [1.54, 1.807) is 17.5 Å². The highest BCUT2D eigenvalue weighted by molar-refractivity contribution is 5.09. The van der Waals surface area contributed by atoms with Crippen LogP contribution in [0.1, 0.15) is 19.3 Å². The predicted octanol–water partition coefficient (Wildman–Crippen LogP) is 1.54. The van der Waals surface area contributed by atoms with E-state index in [0.29, 0.717) is 6.54 Å². The quantitative estimate of drug-likeness (QED) is 0.249. The van der Waals surface area contributed by atoms with E-state index < -0.39 is 0 Å². The maximum absolute atomic E-state index is 5.86. The van der Waals surface area contributed by atoms with Crippen LogP contribution >= 0.6 is 0 Å². The van der Waals surface area contributed by atoms with Crippen LogP contribution in [-0.4, -0.2) is 65.3 Å². The molecule has 150 valence electrons. The number of allylic oxidation sites excluding steroid dienone is 1. The van der Waals surface area contributed by atoms with E-state index in [9.17, 15) is 0 Å². The number of imidazole rings is 1. The highest BCUT2D eigenvalue weighted by Crippen LogP contribution is 2.21. The molecule has 27 heavy (non-hydrogen) atoms. The highest BCUT2D eigenvalue weighted by Gasteiger charge is 2.28. The van der Waals surface area contributed by atoms with Crippen LogP contribution < -0.4 is 11.2 Å². The van der Waals surface area contributed by atoms with Crippen molar-refractivity contribution in [1.82, 2.24) is 24.8 Å². The zero-order valence-corrected chi connectivity index (χ0v) is 16.4. The molecule has 0 fully saturated rings. The fourth-order valence-corrected chi connectivity index (χ4v) is 2.96. The molecule has 0 saturated carbocycles. The summed E-state index contributed by atoms with van der Waals surface area (Å²) in [4.78, 5) is 6.15. The van der Waals surface area contributed by atoms with Crippen molar-refractivity contribution in [3.05, 3.63) is 43.3 Å². The molecule has 0 bridgehead atoms. The predicted molar refractivity (Wildman–Crippen MR) is 105 cm³/mol. The summed E-state index contributed by atoms with van der Waals surface area (Å²) in [5.74, 6) is 5.32. The molecule has 9 nitrogen and oxygen atoms in total. The standard InChI is InChI=1S/C18H32N8O/c1-16(26(23-22-19)13-12-24(2)3)18(17-7-4-5-14-27-17)21-8-6-10-25-11-9-20-15-25/h5,9,11,14-15,17-18,21H,1,4,6-8,10,12-13H2,2-3H3,(H2,19,23)/t17-,18?/m0/s1. The number of rotatable bonds is 12. The fraction of sp³-hybridized carbons (Fsp3) is 0.611. The maximum atomic E-state index is 5.86. The van der Waals surface area contributed by atoms with Crippen LogP contribution in [0.2, 0.25) is 0 Å². The molecule has 1 aliphatic heterocycles. The number of nitrogens with one attached hydrogen (secondary N) is 1. The molecule has 2 heterocycles. The number of nitrogens with two attached hydrogens (primary N) is 1. The van der Waals surface area contributed by atoms with Gasteiger partial charge in [0.2, 0.25) is 0 Å². The van der Waals surface area contributed by atoms with Crippen LogP contribution in [0.4, 0.5) is 0 Å². The fourth-order valence-electron chi connectivity index (χ4n) is 2.96. The lowest BCUT2D eigenvalue weighted by Gasteiger charge is -2.34. The van der Waals surface area contributed by atoms with Crippen LogP contribution in [0.25, 0.3) is 0 Å². The largest absolute Gasteiger partial charge is 0.496 e. The van der Waals surface area contributed by atoms with Gasteiger partial charge >= 0.3 is 0 Å². The van der Waals surface area contributed by atoms with Crippen molar-refractivity contribution in [2.75, 3.05) is 33.7 Å². The van der Waals surface area contributed by atoms with E-state index in [0.717, 1.165) is 44.6 Å². The zero-order chi connectivity index (χ0) is 19.5. The molecule has 0 aliphatic carbocycles. The van der Waals surface area contributed by atoms with Crippen molar-refractivity contribution in [3.8, 4) is 0 Å². The number of aryl methyl sites for hydroxylation is 1. The Hall–Kier alpha value is -2.39. The molecule has 0 aromatic carbocycles. The number of likely N-dealkylation sites (N-methyl/N-ethyl adjacent to an activating group) is 1. The Morgan fingerprint density at radius 2 is 2.33 bits per heavy atom. The number of hydrogen-bond donors (Lipinski definition) is 2. The second-order valence-electron chi connectivity index (χ2n) is 6.83. The van der Waals surface area contributed by atoms with Crippen molar-refractivity contribution in [2.24, 2.45) is 16.3 Å². The average Bonchev–Trinajstić information content (AvgIpc) is 3.19. The van der Waals surface area contributed by atoms with E-state index in [2.05, 4.69) is 36.8 Å². The zero-order valence-electron chi connectivity index (χ0n) is 16.4. The first kappa shape index (κ1) is 20.9. The summed E-state index contributed by atoms with van der Waals surface area (Å²) in [5.41, 5.74) is 0.814. The summed E-state index contributed by atoms with van der Waals surface area (Å²) in [7, 11) is 4.03. The summed E-state index contributed by atoms with van der Waals surface area (Å²) >= 11 is 0. The van der Waals surface area contributed by atoms with Gasteiger partial charge in [-0.3, -0.25) is 0 Å². The van der Waals surface area contributed by atoms with Gasteiger partial charge in [-0.25, -0.2) is 9.99 Å². The topological polar surface area (TPSA) is 96.3 Å². The molecule has 0 spiro atoms. The second kappa shape index (κ2) is 11.3. The van der Waals surface area contributed by atoms with Gasteiger partial charge < -0.3 is 25.4 Å². The average molecular weight is 377 g/mol. The Labute approximate surface area is 161 Å². The summed E-state index contributed by atoms with van der Waals surface area (Å²) in [6.45, 7) is 7.48. The van der Waals surface area contributed by atoms with Crippen molar-refractivity contribution in [1.29, 1.82) is 0 Å². The molecule has 1 aromatic rings. The first-order valence-corrected chi connectivity index (χ1v) is 9.33. The third-order valence-electron chi connectivity index (χ3n) is 4.46. The van der Waals surface area contributed by atoms with Crippen molar-refractivity contribution < 1.29 is 4.74 Å². The SMILES string of the molecule is C=C(C(NCCCn1ccnc1)[C@@H]1CCC=CO1)N(CCN(C)C)/N=N\N. The van der Waals surface area contributed by atoms with E-state index in [4.69, 9.17) is 10.6 Å². The smallest absolute Gasteiger partial charge is 0.119 e. The highest BCUT2D eigenvalue weighted by atomic mass is 16.5. The Kier molecular flexibility index (Phi) is 8.79. The van der Waals surface area contributed by atoms with Gasteiger partial charge in [-0.1, -0.05) is 11.8 Å². The normalized spacial score (nSPS) is 18.0. The van der Waals surface area contributed by atoms with Crippen molar-refractivity contribution >= 4 is 0 Å². The molecular weight excluding hydrogens is 344 g/mol. The molecule has 2 atom stereocenters. The molecular formula is C18H32N8O. The Bertz CT molecular complexity index is 599. The lowest BCUT2D eigenvalue weighted by molar-refractivity contribution is 0.0843. The summed E-state index contributed by atoms with van der Waals surface area (Å²) < 4.78 is 7.93. The van der Waals surface area contributed by atoms with E-state index in [-0.39, 0.29) is 12.1 Å². The first-order chi connectivity index (χ1) is 13.1. The Morgan fingerprint density at radius 3 is 2.96 bits per heavy atom. The molecule has 0 amide bonds. The molecule has 0 saturated heterocycles. The van der Waals surface area contributed by atoms with Gasteiger partial charge in [0.1, 0.15) is 6.10 Å². The lowest BCUT2D eigenvalue weighted by Crippen LogP contribution is -2.47. The van der Waals surface area contributed by atoms with E-state index in [1.165, 1.54) is 0 Å². The number of ether oxygens (including phenoxy) is 1. The van der Waals surface area contributed by atoms with Crippen molar-refractivity contribution in [3.63, 3.8) is 0 Å². The van der Waals surface area contributed by atoms with Crippen LogP contribution in [0, 0.1) is 0 Å². The summed E-state index contributed by atoms with van der Waals surface area (Å²) in [6.07, 6.45) is 12.3. The molecule has 3 N–H and O–H groups in total. The first-order valence-electron chi connectivity index (χ1n) is 9.33. The molecule has 2 rings (SSSR count). The molecule has 9 heteroatoms. The third-order valence-corrected chi connectivity index (χ3v) is 4.46. The monoisotopic (exact) mass is 376 g/mol. The van der Waals surface area contributed by atoms with Gasteiger partial charge in [-0.05, 0) is 51.2 Å². The van der Waals surface area contributed by atoms with Gasteiger partial charge in [0.25, 0.3) is 0 Å². The number of hydrogen-bond acceptors (Lipinski definition) is 6. The van der Waals surface area contributed by atoms with E-state index >= 15 is 0 Å². The molecule has 1 aliphatic rings. The second-order valence-corrected chi connectivity index (χ2v) is 6.83.